The van der Waals surface area contributed by atoms with Crippen molar-refractivity contribution in [3.63, 3.8) is 0 Å². The zero-order valence-electron chi connectivity index (χ0n) is 31.4. The number of benzene rings is 9. The van der Waals surface area contributed by atoms with Crippen molar-refractivity contribution >= 4 is 77.9 Å². The molecule has 0 bridgehead atoms. The Morgan fingerprint density at radius 1 is 0.328 bits per heavy atom. The Balaban J connectivity index is 1.19. The summed E-state index contributed by atoms with van der Waals surface area (Å²) >= 11 is 0. The van der Waals surface area contributed by atoms with Crippen molar-refractivity contribution in [1.29, 1.82) is 0 Å². The first kappa shape index (κ1) is 33.4. The molecule has 5 heteroatoms. The van der Waals surface area contributed by atoms with Crippen LogP contribution in [-0.2, 0) is 0 Å². The lowest BCUT2D eigenvalue weighted by molar-refractivity contribution is 0.623. The van der Waals surface area contributed by atoms with Gasteiger partial charge in [-0.2, -0.15) is 0 Å². The first-order chi connectivity index (χ1) is 28.7. The zero-order chi connectivity index (χ0) is 38.4. The van der Waals surface area contributed by atoms with Gasteiger partial charge in [-0.3, -0.25) is 0 Å². The third-order valence-corrected chi connectivity index (χ3v) is 10.8. The molecule has 0 radical (unpaired) electrons. The third kappa shape index (κ3) is 5.85. The van der Waals surface area contributed by atoms with Crippen LogP contribution in [0.15, 0.2) is 221 Å². The summed E-state index contributed by atoms with van der Waals surface area (Å²) in [6.07, 6.45) is 0. The molecule has 2 heterocycles. The lowest BCUT2D eigenvalue weighted by Crippen LogP contribution is -2.14. The van der Waals surface area contributed by atoms with Crippen molar-refractivity contribution in [1.82, 2.24) is 4.98 Å². The number of nitrogens with zero attached hydrogens (tertiary/aromatic N) is 3. The summed E-state index contributed by atoms with van der Waals surface area (Å²) in [6, 6.07) is 74.0. The van der Waals surface area contributed by atoms with E-state index >= 15 is 0 Å². The molecule has 9 aromatic carbocycles. The van der Waals surface area contributed by atoms with Gasteiger partial charge in [-0.1, -0.05) is 115 Å². The fraction of sp³-hybridized carbons (Fsp3) is 0. The average molecular weight is 746 g/mol. The molecule has 2 aromatic heterocycles. The molecule has 274 valence electrons. The summed E-state index contributed by atoms with van der Waals surface area (Å²) in [4.78, 5) is 9.67. The van der Waals surface area contributed by atoms with Crippen molar-refractivity contribution in [2.45, 2.75) is 0 Å². The Morgan fingerprint density at radius 2 is 0.879 bits per heavy atom. The molecule has 5 nitrogen and oxygen atoms in total. The second-order valence-electron chi connectivity index (χ2n) is 14.4. The van der Waals surface area contributed by atoms with Crippen molar-refractivity contribution < 1.29 is 8.83 Å². The van der Waals surface area contributed by atoms with E-state index in [1.54, 1.807) is 0 Å². The molecule has 0 fully saturated rings. The van der Waals surface area contributed by atoms with Gasteiger partial charge in [-0.15, -0.1) is 0 Å². The van der Waals surface area contributed by atoms with Crippen molar-refractivity contribution in [3.8, 4) is 22.6 Å². The highest BCUT2D eigenvalue weighted by Gasteiger charge is 2.24. The topological polar surface area (TPSA) is 45.7 Å². The molecular weight excluding hydrogens is 711 g/mol. The molecule has 11 aromatic rings. The van der Waals surface area contributed by atoms with Gasteiger partial charge >= 0.3 is 0 Å². The number of fused-ring (bicyclic) bond motifs is 6. The highest BCUT2D eigenvalue weighted by molar-refractivity contribution is 6.13. The molecule has 0 saturated heterocycles. The molecule has 0 spiro atoms. The van der Waals surface area contributed by atoms with Crippen LogP contribution in [0.25, 0.3) is 66.4 Å². The van der Waals surface area contributed by atoms with Crippen LogP contribution in [-0.4, -0.2) is 4.98 Å². The summed E-state index contributed by atoms with van der Waals surface area (Å²) in [5, 5.41) is 4.12. The number of furan rings is 1. The Kier molecular flexibility index (Phi) is 8.07. The Morgan fingerprint density at radius 3 is 1.60 bits per heavy atom. The number of hydrogen-bond acceptors (Lipinski definition) is 5. The van der Waals surface area contributed by atoms with Crippen LogP contribution in [0.1, 0.15) is 0 Å². The number of hydrogen-bond donors (Lipinski definition) is 0. The van der Waals surface area contributed by atoms with Gasteiger partial charge in [0.25, 0.3) is 0 Å². The van der Waals surface area contributed by atoms with E-state index in [9.17, 15) is 0 Å². The van der Waals surface area contributed by atoms with E-state index in [0.717, 1.165) is 89.1 Å². The fourth-order valence-corrected chi connectivity index (χ4v) is 8.12. The normalized spacial score (nSPS) is 11.4. The molecule has 0 saturated carbocycles. The van der Waals surface area contributed by atoms with E-state index in [1.807, 2.05) is 42.5 Å². The van der Waals surface area contributed by atoms with Gasteiger partial charge < -0.3 is 18.6 Å². The lowest BCUT2D eigenvalue weighted by Gasteiger charge is -2.31. The molecule has 0 atom stereocenters. The van der Waals surface area contributed by atoms with E-state index in [1.165, 1.54) is 5.56 Å². The van der Waals surface area contributed by atoms with Crippen molar-refractivity contribution in [2.24, 2.45) is 0 Å². The number of anilines is 6. The molecule has 0 aliphatic carbocycles. The minimum atomic E-state index is 0.587. The van der Waals surface area contributed by atoms with Gasteiger partial charge in [0.2, 0.25) is 5.89 Å². The molecule has 0 N–H and O–H groups in total. The molecule has 0 amide bonds. The van der Waals surface area contributed by atoms with Crippen LogP contribution in [0.3, 0.4) is 0 Å². The monoisotopic (exact) mass is 745 g/mol. The fourth-order valence-electron chi connectivity index (χ4n) is 8.12. The number of oxazole rings is 1. The van der Waals surface area contributed by atoms with Gasteiger partial charge in [-0.05, 0) is 108 Å². The van der Waals surface area contributed by atoms with Crippen molar-refractivity contribution in [3.05, 3.63) is 212 Å². The Hall–Kier alpha value is -7.89. The van der Waals surface area contributed by atoms with Gasteiger partial charge in [0.15, 0.2) is 5.58 Å². The molecule has 11 rings (SSSR count). The smallest absolute Gasteiger partial charge is 0.227 e. The van der Waals surface area contributed by atoms with Crippen LogP contribution in [0.2, 0.25) is 0 Å². The van der Waals surface area contributed by atoms with E-state index in [-0.39, 0.29) is 0 Å². The summed E-state index contributed by atoms with van der Waals surface area (Å²) < 4.78 is 13.1. The summed E-state index contributed by atoms with van der Waals surface area (Å²) in [7, 11) is 0. The minimum absolute atomic E-state index is 0.587. The standard InChI is InChI=1S/C53H35N3O2/c1-5-15-36(16-6-1)37-25-27-41(28-26-37)55(39-19-9-3-10-20-39)43-34-47-44(30-31-48-52(47)58-53(54-48)38-17-7-2-8-18-38)49(35-43)56(40-21-11-4-12-22-40)42-29-32-51-46(33-42)45-23-13-14-24-50(45)57-51/h1-35H. The zero-order valence-corrected chi connectivity index (χ0v) is 31.4. The molecule has 0 aliphatic heterocycles. The minimum Gasteiger partial charge on any atom is -0.456 e. The highest BCUT2D eigenvalue weighted by Crippen LogP contribution is 2.47. The lowest BCUT2D eigenvalue weighted by atomic mass is 10.0. The quantitative estimate of drug-likeness (QED) is 0.155. The summed E-state index contributed by atoms with van der Waals surface area (Å²) in [5.74, 6) is 0.587. The van der Waals surface area contributed by atoms with Crippen LogP contribution in [0, 0.1) is 0 Å². The third-order valence-electron chi connectivity index (χ3n) is 10.8. The van der Waals surface area contributed by atoms with Gasteiger partial charge in [0, 0.05) is 55.5 Å². The molecule has 0 unspecified atom stereocenters. The van der Waals surface area contributed by atoms with Crippen LogP contribution < -0.4 is 9.80 Å². The molecular formula is C53H35N3O2. The van der Waals surface area contributed by atoms with Crippen LogP contribution in [0.4, 0.5) is 34.1 Å². The first-order valence-corrected chi connectivity index (χ1v) is 19.5. The predicted octanol–water partition coefficient (Wildman–Crippen LogP) is 15.2. The van der Waals surface area contributed by atoms with Crippen molar-refractivity contribution in [2.75, 3.05) is 9.80 Å². The number of aromatic nitrogens is 1. The second kappa shape index (κ2) is 14.0. The molecule has 58 heavy (non-hydrogen) atoms. The first-order valence-electron chi connectivity index (χ1n) is 19.5. The van der Waals surface area contributed by atoms with E-state index in [4.69, 9.17) is 13.8 Å². The summed E-state index contributed by atoms with van der Waals surface area (Å²) in [6.45, 7) is 0. The predicted molar refractivity (Wildman–Crippen MR) is 239 cm³/mol. The van der Waals surface area contributed by atoms with Gasteiger partial charge in [-0.25, -0.2) is 4.98 Å². The number of para-hydroxylation sites is 3. The maximum absolute atomic E-state index is 6.76. The van der Waals surface area contributed by atoms with Crippen LogP contribution >= 0.6 is 0 Å². The SMILES string of the molecule is c1ccc(-c2ccc(N(c3ccccc3)c3cc(N(c4ccccc4)c4ccc5oc6ccccc6c5c4)c4ccc5nc(-c6ccccc6)oc5c4c3)cc2)cc1. The summed E-state index contributed by atoms with van der Waals surface area (Å²) in [5.41, 5.74) is 12.6. The van der Waals surface area contributed by atoms with Gasteiger partial charge in [0.05, 0.1) is 5.69 Å². The number of rotatable bonds is 8. The van der Waals surface area contributed by atoms with E-state index < -0.39 is 0 Å². The average Bonchev–Trinajstić information content (AvgIpc) is 3.91. The van der Waals surface area contributed by atoms with E-state index in [0.29, 0.717) is 5.89 Å². The maximum atomic E-state index is 6.76. The highest BCUT2D eigenvalue weighted by atomic mass is 16.3. The maximum Gasteiger partial charge on any atom is 0.227 e. The largest absolute Gasteiger partial charge is 0.456 e. The van der Waals surface area contributed by atoms with E-state index in [2.05, 4.69) is 180 Å². The second-order valence-corrected chi connectivity index (χ2v) is 14.4. The van der Waals surface area contributed by atoms with Gasteiger partial charge in [0.1, 0.15) is 16.7 Å². The Labute approximate surface area is 335 Å². The molecule has 0 aliphatic rings. The van der Waals surface area contributed by atoms with Crippen LogP contribution in [0.5, 0.6) is 0 Å². The Bertz CT molecular complexity index is 3210.